The summed E-state index contributed by atoms with van der Waals surface area (Å²) in [6.07, 6.45) is 0.294. The molecule has 0 spiro atoms. The molecular weight excluding hydrogens is 200 g/mol. The van der Waals surface area contributed by atoms with Gasteiger partial charge < -0.3 is 16.2 Å². The highest BCUT2D eigenvalue weighted by Gasteiger charge is 2.12. The first kappa shape index (κ1) is 11.2. The van der Waals surface area contributed by atoms with Gasteiger partial charge in [-0.05, 0) is 6.07 Å². The minimum absolute atomic E-state index is 0.117. The molecule has 5 N–H and O–H groups in total. The molecule has 1 aromatic heterocycles. The Balaban J connectivity index is 2.28. The third-order valence-electron chi connectivity index (χ3n) is 1.73. The number of hydrogen-bond donors (Lipinski definition) is 4. The first-order valence-corrected chi connectivity index (χ1v) is 4.32. The predicted molar refractivity (Wildman–Crippen MR) is 50.5 cm³/mol. The van der Waals surface area contributed by atoms with E-state index in [2.05, 4.69) is 15.5 Å². The number of primary amides is 1. The van der Waals surface area contributed by atoms with Crippen LogP contribution in [0.15, 0.2) is 12.3 Å². The fourth-order valence-electron chi connectivity index (χ4n) is 0.930. The summed E-state index contributed by atoms with van der Waals surface area (Å²) in [6.45, 7) is -0.178. The number of aromatic amines is 1. The molecule has 1 atom stereocenters. The molecule has 1 aromatic rings. The molecule has 0 radical (unpaired) electrons. The van der Waals surface area contributed by atoms with Crippen LogP contribution < -0.4 is 11.1 Å². The van der Waals surface area contributed by atoms with Crippen LogP contribution >= 0.6 is 0 Å². The van der Waals surface area contributed by atoms with Gasteiger partial charge in [-0.2, -0.15) is 5.10 Å². The number of nitrogens with zero attached hydrogens (tertiary/aromatic N) is 1. The SMILES string of the molecule is NC(=O)C(O)CNC(=O)Cc1ccn[nH]1. The zero-order chi connectivity index (χ0) is 11.3. The lowest BCUT2D eigenvalue weighted by Gasteiger charge is -2.07. The highest BCUT2D eigenvalue weighted by molar-refractivity contribution is 5.81. The van der Waals surface area contributed by atoms with E-state index in [9.17, 15) is 9.59 Å². The number of carbonyl (C=O) groups is 2. The molecule has 0 aliphatic heterocycles. The Hall–Kier alpha value is -1.89. The Morgan fingerprint density at radius 3 is 2.93 bits per heavy atom. The first-order valence-electron chi connectivity index (χ1n) is 4.32. The van der Waals surface area contributed by atoms with Crippen molar-refractivity contribution < 1.29 is 14.7 Å². The van der Waals surface area contributed by atoms with E-state index >= 15 is 0 Å². The molecule has 82 valence electrons. The highest BCUT2D eigenvalue weighted by Crippen LogP contribution is 1.92. The van der Waals surface area contributed by atoms with Crippen molar-refractivity contribution in [1.29, 1.82) is 0 Å². The van der Waals surface area contributed by atoms with Gasteiger partial charge in [0, 0.05) is 11.9 Å². The topological polar surface area (TPSA) is 121 Å². The molecule has 0 fully saturated rings. The van der Waals surface area contributed by atoms with Crippen LogP contribution in [0.25, 0.3) is 0 Å². The number of aliphatic hydroxyl groups excluding tert-OH is 1. The van der Waals surface area contributed by atoms with Crippen molar-refractivity contribution in [2.75, 3.05) is 6.54 Å². The van der Waals surface area contributed by atoms with Gasteiger partial charge in [-0.3, -0.25) is 14.7 Å². The fourth-order valence-corrected chi connectivity index (χ4v) is 0.930. The standard InChI is InChI=1S/C8H12N4O3/c9-8(15)6(13)4-10-7(14)3-5-1-2-11-12-5/h1-2,6,13H,3-4H2,(H2,9,15)(H,10,14)(H,11,12). The third kappa shape index (κ3) is 3.77. The van der Waals surface area contributed by atoms with Gasteiger partial charge in [0.05, 0.1) is 13.0 Å². The zero-order valence-electron chi connectivity index (χ0n) is 7.93. The maximum absolute atomic E-state index is 11.2. The van der Waals surface area contributed by atoms with Crippen LogP contribution in [0.4, 0.5) is 0 Å². The second-order valence-corrected chi connectivity index (χ2v) is 2.98. The van der Waals surface area contributed by atoms with E-state index in [0.717, 1.165) is 0 Å². The molecule has 0 saturated carbocycles. The number of rotatable bonds is 5. The predicted octanol–water partition coefficient (Wildman–Crippen LogP) is -2.09. The van der Waals surface area contributed by atoms with Gasteiger partial charge in [-0.1, -0.05) is 0 Å². The first-order chi connectivity index (χ1) is 7.09. The van der Waals surface area contributed by atoms with Crippen molar-refractivity contribution >= 4 is 11.8 Å². The van der Waals surface area contributed by atoms with Gasteiger partial charge in [0.1, 0.15) is 6.10 Å². The largest absolute Gasteiger partial charge is 0.381 e. The van der Waals surface area contributed by atoms with E-state index in [-0.39, 0.29) is 18.9 Å². The summed E-state index contributed by atoms with van der Waals surface area (Å²) in [7, 11) is 0. The molecule has 1 heterocycles. The van der Waals surface area contributed by atoms with Crippen LogP contribution in [0.5, 0.6) is 0 Å². The quantitative estimate of drug-likeness (QED) is 0.447. The van der Waals surface area contributed by atoms with Crippen LogP contribution in [0, 0.1) is 0 Å². The smallest absolute Gasteiger partial charge is 0.248 e. The van der Waals surface area contributed by atoms with Crippen LogP contribution in [0.1, 0.15) is 5.69 Å². The summed E-state index contributed by atoms with van der Waals surface area (Å²) in [6, 6.07) is 1.66. The normalized spacial score (nSPS) is 12.1. The third-order valence-corrected chi connectivity index (χ3v) is 1.73. The van der Waals surface area contributed by atoms with E-state index in [1.165, 1.54) is 6.20 Å². The number of aliphatic hydroxyl groups is 1. The van der Waals surface area contributed by atoms with Gasteiger partial charge in [0.2, 0.25) is 11.8 Å². The van der Waals surface area contributed by atoms with Crippen molar-refractivity contribution in [3.05, 3.63) is 18.0 Å². The zero-order valence-corrected chi connectivity index (χ0v) is 7.93. The average Bonchev–Trinajstić information content (AvgIpc) is 2.66. The molecule has 0 saturated heterocycles. The highest BCUT2D eigenvalue weighted by atomic mass is 16.3. The van der Waals surface area contributed by atoms with Gasteiger partial charge >= 0.3 is 0 Å². The van der Waals surface area contributed by atoms with Crippen molar-refractivity contribution in [1.82, 2.24) is 15.5 Å². The maximum Gasteiger partial charge on any atom is 0.248 e. The summed E-state index contributed by atoms with van der Waals surface area (Å²) in [4.78, 5) is 21.6. The Kier molecular flexibility index (Phi) is 3.81. The maximum atomic E-state index is 11.2. The van der Waals surface area contributed by atoms with Crippen molar-refractivity contribution in [3.8, 4) is 0 Å². The van der Waals surface area contributed by atoms with Gasteiger partial charge in [0.15, 0.2) is 0 Å². The number of amides is 2. The molecule has 1 rings (SSSR count). The lowest BCUT2D eigenvalue weighted by atomic mass is 10.3. The molecule has 0 bridgehead atoms. The lowest BCUT2D eigenvalue weighted by Crippen LogP contribution is -2.40. The summed E-state index contributed by atoms with van der Waals surface area (Å²) < 4.78 is 0. The molecule has 2 amide bonds. The van der Waals surface area contributed by atoms with Gasteiger partial charge in [-0.25, -0.2) is 0 Å². The van der Waals surface area contributed by atoms with Crippen LogP contribution in [0.2, 0.25) is 0 Å². The van der Waals surface area contributed by atoms with Gasteiger partial charge in [-0.15, -0.1) is 0 Å². The molecule has 7 nitrogen and oxygen atoms in total. The number of H-pyrrole nitrogens is 1. The van der Waals surface area contributed by atoms with Crippen LogP contribution in [-0.4, -0.2) is 39.8 Å². The minimum atomic E-state index is -1.35. The summed E-state index contributed by atoms with van der Waals surface area (Å²) in [5, 5.41) is 17.6. The van der Waals surface area contributed by atoms with Crippen LogP contribution in [0.3, 0.4) is 0 Å². The summed E-state index contributed by atoms with van der Waals surface area (Å²) in [5.74, 6) is -1.18. The van der Waals surface area contributed by atoms with E-state index in [1.807, 2.05) is 0 Å². The van der Waals surface area contributed by atoms with Gasteiger partial charge in [0.25, 0.3) is 0 Å². The van der Waals surface area contributed by atoms with E-state index in [1.54, 1.807) is 6.07 Å². The lowest BCUT2D eigenvalue weighted by molar-refractivity contribution is -0.126. The Labute approximate surface area is 85.7 Å². The minimum Gasteiger partial charge on any atom is -0.381 e. The van der Waals surface area contributed by atoms with E-state index in [4.69, 9.17) is 10.8 Å². The number of carbonyl (C=O) groups excluding carboxylic acids is 2. The molecule has 15 heavy (non-hydrogen) atoms. The summed E-state index contributed by atoms with van der Waals surface area (Å²) in [5.41, 5.74) is 5.46. The van der Waals surface area contributed by atoms with Crippen LogP contribution in [-0.2, 0) is 16.0 Å². The molecule has 7 heteroatoms. The van der Waals surface area contributed by atoms with E-state index in [0.29, 0.717) is 5.69 Å². The molecule has 1 unspecified atom stereocenters. The monoisotopic (exact) mass is 212 g/mol. The van der Waals surface area contributed by atoms with E-state index < -0.39 is 12.0 Å². The number of nitrogens with two attached hydrogens (primary N) is 1. The Morgan fingerprint density at radius 2 is 2.40 bits per heavy atom. The molecule has 0 aliphatic carbocycles. The second kappa shape index (κ2) is 5.11. The van der Waals surface area contributed by atoms with Crippen molar-refractivity contribution in [3.63, 3.8) is 0 Å². The van der Waals surface area contributed by atoms with Crippen molar-refractivity contribution in [2.45, 2.75) is 12.5 Å². The molecule has 0 aliphatic rings. The number of nitrogens with one attached hydrogen (secondary N) is 2. The fraction of sp³-hybridized carbons (Fsp3) is 0.375. The summed E-state index contributed by atoms with van der Waals surface area (Å²) >= 11 is 0. The van der Waals surface area contributed by atoms with Crippen molar-refractivity contribution in [2.24, 2.45) is 5.73 Å². The average molecular weight is 212 g/mol. The molecular formula is C8H12N4O3. The number of aromatic nitrogens is 2. The Bertz CT molecular complexity index is 336. The number of hydrogen-bond acceptors (Lipinski definition) is 4. The second-order valence-electron chi connectivity index (χ2n) is 2.98. The molecule has 0 aromatic carbocycles. The Morgan fingerprint density at radius 1 is 1.67 bits per heavy atom.